The van der Waals surface area contributed by atoms with Crippen molar-refractivity contribution in [3.63, 3.8) is 0 Å². The Balaban J connectivity index is 1.39. The number of hydrogen-bond donors (Lipinski definition) is 2. The summed E-state index contributed by atoms with van der Waals surface area (Å²) in [5.74, 6) is -0.386. The van der Waals surface area contributed by atoms with Crippen LogP contribution in [0.4, 0.5) is 0 Å². The van der Waals surface area contributed by atoms with E-state index in [1.807, 2.05) is 11.4 Å². The van der Waals surface area contributed by atoms with Crippen LogP contribution >= 0.6 is 11.3 Å². The molecule has 0 aliphatic carbocycles. The lowest BCUT2D eigenvalue weighted by Gasteiger charge is -2.33. The summed E-state index contributed by atoms with van der Waals surface area (Å²) in [6, 6.07) is 6.60. The second-order valence-electron chi connectivity index (χ2n) is 6.89. The molecule has 2 aromatic rings. The molecule has 1 atom stereocenters. The number of carbonyl (C=O) groups excluding carboxylic acids is 3. The smallest absolute Gasteiger partial charge is 0.287 e. The summed E-state index contributed by atoms with van der Waals surface area (Å²) in [6.07, 6.45) is 3.52. The minimum Gasteiger partial charge on any atom is -0.459 e. The summed E-state index contributed by atoms with van der Waals surface area (Å²) < 4.78 is 5.04. The molecule has 3 heterocycles. The SMILES string of the molecule is CC(NC(=O)c1ccco1)C(=O)N1CCC(C(=O)NCCc2cccs2)CC1. The van der Waals surface area contributed by atoms with Gasteiger partial charge in [-0.15, -0.1) is 11.3 Å². The van der Waals surface area contributed by atoms with Crippen LogP contribution in [-0.4, -0.2) is 48.3 Å². The van der Waals surface area contributed by atoms with E-state index in [0.29, 0.717) is 32.5 Å². The molecule has 8 heteroatoms. The molecular weight excluding hydrogens is 378 g/mol. The van der Waals surface area contributed by atoms with Gasteiger partial charge in [-0.05, 0) is 49.8 Å². The number of likely N-dealkylation sites (tertiary alicyclic amines) is 1. The predicted octanol–water partition coefficient (Wildman–Crippen LogP) is 2.06. The molecule has 2 N–H and O–H groups in total. The van der Waals surface area contributed by atoms with Crippen LogP contribution < -0.4 is 10.6 Å². The number of nitrogens with one attached hydrogen (secondary N) is 2. The number of furan rings is 1. The molecule has 1 aliphatic rings. The van der Waals surface area contributed by atoms with E-state index in [4.69, 9.17) is 4.42 Å². The highest BCUT2D eigenvalue weighted by atomic mass is 32.1. The summed E-state index contributed by atoms with van der Waals surface area (Å²) in [6.45, 7) is 3.33. The van der Waals surface area contributed by atoms with Gasteiger partial charge in [-0.2, -0.15) is 0 Å². The molecule has 150 valence electrons. The van der Waals surface area contributed by atoms with Crippen molar-refractivity contribution in [2.24, 2.45) is 5.92 Å². The van der Waals surface area contributed by atoms with Crippen LogP contribution in [0.1, 0.15) is 35.2 Å². The van der Waals surface area contributed by atoms with E-state index in [2.05, 4.69) is 16.7 Å². The standard InChI is InChI=1S/C20H25N3O4S/c1-14(22-19(25)17-5-2-12-27-17)20(26)23-10-7-15(8-11-23)18(24)21-9-6-16-4-3-13-28-16/h2-5,12-15H,6-11H2,1H3,(H,21,24)(H,22,25). The summed E-state index contributed by atoms with van der Waals surface area (Å²) in [5.41, 5.74) is 0. The van der Waals surface area contributed by atoms with Gasteiger partial charge in [-0.3, -0.25) is 14.4 Å². The molecule has 0 spiro atoms. The Labute approximate surface area is 168 Å². The van der Waals surface area contributed by atoms with Gasteiger partial charge in [0.25, 0.3) is 5.91 Å². The first kappa shape index (κ1) is 20.1. The van der Waals surface area contributed by atoms with Crippen LogP contribution in [-0.2, 0) is 16.0 Å². The number of hydrogen-bond acceptors (Lipinski definition) is 5. The third-order valence-electron chi connectivity index (χ3n) is 4.89. The maximum absolute atomic E-state index is 12.6. The van der Waals surface area contributed by atoms with Crippen molar-refractivity contribution in [3.8, 4) is 0 Å². The molecule has 3 rings (SSSR count). The molecule has 1 saturated heterocycles. The number of piperidine rings is 1. The Kier molecular flexibility index (Phi) is 6.86. The third-order valence-corrected chi connectivity index (χ3v) is 5.83. The molecule has 1 unspecified atom stereocenters. The number of rotatable bonds is 7. The van der Waals surface area contributed by atoms with Gasteiger partial charge < -0.3 is 20.0 Å². The first-order chi connectivity index (χ1) is 13.5. The molecule has 0 aromatic carbocycles. The van der Waals surface area contributed by atoms with Crippen molar-refractivity contribution in [2.45, 2.75) is 32.2 Å². The number of amides is 3. The number of nitrogens with zero attached hydrogens (tertiary/aromatic N) is 1. The topological polar surface area (TPSA) is 91.7 Å². The average molecular weight is 404 g/mol. The zero-order valence-corrected chi connectivity index (χ0v) is 16.7. The lowest BCUT2D eigenvalue weighted by atomic mass is 9.95. The average Bonchev–Trinajstić information content (AvgIpc) is 3.41. The van der Waals surface area contributed by atoms with Gasteiger partial charge in [0.1, 0.15) is 6.04 Å². The van der Waals surface area contributed by atoms with E-state index in [0.717, 1.165) is 6.42 Å². The van der Waals surface area contributed by atoms with Gasteiger partial charge in [-0.25, -0.2) is 0 Å². The zero-order valence-electron chi connectivity index (χ0n) is 15.8. The van der Waals surface area contributed by atoms with Crippen molar-refractivity contribution >= 4 is 29.1 Å². The molecule has 1 fully saturated rings. The maximum Gasteiger partial charge on any atom is 0.287 e. The Bertz CT molecular complexity index is 780. The second kappa shape index (κ2) is 9.54. The van der Waals surface area contributed by atoms with Crippen molar-refractivity contribution in [1.82, 2.24) is 15.5 Å². The summed E-state index contributed by atoms with van der Waals surface area (Å²) >= 11 is 1.69. The van der Waals surface area contributed by atoms with Crippen LogP contribution in [0.2, 0.25) is 0 Å². The van der Waals surface area contributed by atoms with E-state index in [9.17, 15) is 14.4 Å². The first-order valence-electron chi connectivity index (χ1n) is 9.48. The van der Waals surface area contributed by atoms with Gasteiger partial charge in [0, 0.05) is 30.4 Å². The van der Waals surface area contributed by atoms with Crippen LogP contribution in [0.25, 0.3) is 0 Å². The molecule has 1 aliphatic heterocycles. The fourth-order valence-electron chi connectivity index (χ4n) is 3.28. The van der Waals surface area contributed by atoms with Crippen molar-refractivity contribution in [2.75, 3.05) is 19.6 Å². The molecule has 28 heavy (non-hydrogen) atoms. The summed E-state index contributed by atoms with van der Waals surface area (Å²) in [7, 11) is 0. The van der Waals surface area contributed by atoms with Crippen LogP contribution in [0, 0.1) is 5.92 Å². The van der Waals surface area contributed by atoms with E-state index >= 15 is 0 Å². The van der Waals surface area contributed by atoms with Crippen molar-refractivity contribution in [3.05, 3.63) is 46.5 Å². The number of carbonyl (C=O) groups is 3. The first-order valence-corrected chi connectivity index (χ1v) is 10.4. The Hall–Kier alpha value is -2.61. The van der Waals surface area contributed by atoms with Crippen LogP contribution in [0.5, 0.6) is 0 Å². The minimum absolute atomic E-state index is 0.0582. The quantitative estimate of drug-likeness (QED) is 0.740. The van der Waals surface area contributed by atoms with Crippen molar-refractivity contribution in [1.29, 1.82) is 0 Å². The monoisotopic (exact) mass is 403 g/mol. The molecule has 0 saturated carbocycles. The highest BCUT2D eigenvalue weighted by Crippen LogP contribution is 2.18. The van der Waals surface area contributed by atoms with Crippen molar-refractivity contribution < 1.29 is 18.8 Å². The summed E-state index contributed by atoms with van der Waals surface area (Å²) in [5, 5.41) is 7.68. The van der Waals surface area contributed by atoms with E-state index < -0.39 is 11.9 Å². The minimum atomic E-state index is -0.645. The Morgan fingerprint density at radius 1 is 1.25 bits per heavy atom. The lowest BCUT2D eigenvalue weighted by Crippen LogP contribution is -2.50. The van der Waals surface area contributed by atoms with Crippen LogP contribution in [0.15, 0.2) is 40.3 Å². The van der Waals surface area contributed by atoms with Gasteiger partial charge in [0.15, 0.2) is 5.76 Å². The largest absolute Gasteiger partial charge is 0.459 e. The van der Waals surface area contributed by atoms with Gasteiger partial charge in [0.05, 0.1) is 6.26 Å². The molecule has 2 aromatic heterocycles. The zero-order chi connectivity index (χ0) is 19.9. The van der Waals surface area contributed by atoms with Crippen LogP contribution in [0.3, 0.4) is 0 Å². The number of thiophene rings is 1. The molecule has 0 bridgehead atoms. The maximum atomic E-state index is 12.6. The fourth-order valence-corrected chi connectivity index (χ4v) is 3.99. The van der Waals surface area contributed by atoms with Gasteiger partial charge >= 0.3 is 0 Å². The summed E-state index contributed by atoms with van der Waals surface area (Å²) in [4.78, 5) is 39.9. The molecule has 0 radical (unpaired) electrons. The molecule has 7 nitrogen and oxygen atoms in total. The second-order valence-corrected chi connectivity index (χ2v) is 7.92. The van der Waals surface area contributed by atoms with E-state index in [1.165, 1.54) is 11.1 Å². The fraction of sp³-hybridized carbons (Fsp3) is 0.450. The van der Waals surface area contributed by atoms with Gasteiger partial charge in [0.2, 0.25) is 11.8 Å². The Morgan fingerprint density at radius 3 is 2.68 bits per heavy atom. The normalized spacial score (nSPS) is 15.8. The third kappa shape index (κ3) is 5.22. The highest BCUT2D eigenvalue weighted by molar-refractivity contribution is 7.09. The Morgan fingerprint density at radius 2 is 2.04 bits per heavy atom. The molecule has 3 amide bonds. The van der Waals surface area contributed by atoms with E-state index in [-0.39, 0.29) is 23.5 Å². The highest BCUT2D eigenvalue weighted by Gasteiger charge is 2.30. The predicted molar refractivity (Wildman–Crippen MR) is 106 cm³/mol. The van der Waals surface area contributed by atoms with E-state index in [1.54, 1.807) is 35.3 Å². The van der Waals surface area contributed by atoms with Gasteiger partial charge in [-0.1, -0.05) is 6.07 Å². The lowest BCUT2D eigenvalue weighted by molar-refractivity contribution is -0.136. The molecular formula is C20H25N3O4S.